The second-order valence-corrected chi connectivity index (χ2v) is 6.21. The van der Waals surface area contributed by atoms with Gasteiger partial charge in [0.05, 0.1) is 0 Å². The number of hydrogen-bond donors (Lipinski definition) is 1. The Bertz CT molecular complexity index is 365. The van der Waals surface area contributed by atoms with Crippen LogP contribution in [-0.2, 0) is 14.3 Å². The molecule has 1 saturated carbocycles. The lowest BCUT2D eigenvalue weighted by atomic mass is 10.2. The lowest BCUT2D eigenvalue weighted by molar-refractivity contribution is -0.124. The maximum absolute atomic E-state index is 11.9. The van der Waals surface area contributed by atoms with E-state index in [1.165, 1.54) is 7.11 Å². The number of hydrogen-bond acceptors (Lipinski definition) is 4. The number of methoxy groups -OCH3 is 1. The minimum absolute atomic E-state index is 0.0284. The first kappa shape index (κ1) is 14.1. The SMILES string of the molecule is COCNC(=O)C1C2CN(C(=O)OC(C)(C)C)CC21. The molecule has 0 aromatic carbocycles. The van der Waals surface area contributed by atoms with Crippen LogP contribution in [0.3, 0.4) is 0 Å². The van der Waals surface area contributed by atoms with Crippen molar-refractivity contribution in [1.82, 2.24) is 10.2 Å². The normalized spacial score (nSPS) is 28.8. The van der Waals surface area contributed by atoms with Crippen LogP contribution in [0, 0.1) is 17.8 Å². The van der Waals surface area contributed by atoms with Crippen molar-refractivity contribution in [2.45, 2.75) is 26.4 Å². The van der Waals surface area contributed by atoms with Gasteiger partial charge in [-0.3, -0.25) is 4.79 Å². The summed E-state index contributed by atoms with van der Waals surface area (Å²) in [5, 5.41) is 2.71. The lowest BCUT2D eigenvalue weighted by Gasteiger charge is -2.25. The molecule has 1 aliphatic carbocycles. The summed E-state index contributed by atoms with van der Waals surface area (Å²) in [7, 11) is 1.54. The number of carbonyl (C=O) groups excluding carboxylic acids is 2. The smallest absolute Gasteiger partial charge is 0.410 e. The Hall–Kier alpha value is -1.30. The highest BCUT2D eigenvalue weighted by Crippen LogP contribution is 2.51. The summed E-state index contributed by atoms with van der Waals surface area (Å²) < 4.78 is 10.1. The van der Waals surface area contributed by atoms with Crippen LogP contribution in [-0.4, -0.2) is 49.4 Å². The molecule has 6 nitrogen and oxygen atoms in total. The minimum atomic E-state index is -0.473. The van der Waals surface area contributed by atoms with Crippen molar-refractivity contribution in [3.8, 4) is 0 Å². The van der Waals surface area contributed by atoms with Gasteiger partial charge in [0, 0.05) is 26.1 Å². The second kappa shape index (κ2) is 5.00. The summed E-state index contributed by atoms with van der Waals surface area (Å²) in [5.74, 6) is 0.628. The number of rotatable bonds is 3. The third-order valence-corrected chi connectivity index (χ3v) is 3.54. The van der Waals surface area contributed by atoms with Crippen LogP contribution >= 0.6 is 0 Å². The van der Waals surface area contributed by atoms with Gasteiger partial charge in [0.25, 0.3) is 0 Å². The van der Waals surface area contributed by atoms with E-state index in [9.17, 15) is 9.59 Å². The highest BCUT2D eigenvalue weighted by molar-refractivity contribution is 5.83. The summed E-state index contributed by atoms with van der Waals surface area (Å²) in [6, 6.07) is 0. The second-order valence-electron chi connectivity index (χ2n) is 6.21. The van der Waals surface area contributed by atoms with Gasteiger partial charge in [0.2, 0.25) is 5.91 Å². The van der Waals surface area contributed by atoms with Gasteiger partial charge in [0.1, 0.15) is 12.3 Å². The maximum Gasteiger partial charge on any atom is 0.410 e. The van der Waals surface area contributed by atoms with Crippen LogP contribution in [0.5, 0.6) is 0 Å². The number of nitrogens with one attached hydrogen (secondary N) is 1. The van der Waals surface area contributed by atoms with Crippen LogP contribution < -0.4 is 5.32 Å². The molecule has 2 amide bonds. The fourth-order valence-electron chi connectivity index (χ4n) is 2.65. The highest BCUT2D eigenvalue weighted by Gasteiger charge is 2.60. The van der Waals surface area contributed by atoms with E-state index in [-0.39, 0.29) is 36.5 Å². The fourth-order valence-corrected chi connectivity index (χ4v) is 2.65. The Morgan fingerprint density at radius 1 is 1.26 bits per heavy atom. The average molecular weight is 270 g/mol. The average Bonchev–Trinajstić information content (AvgIpc) is 2.78. The number of nitrogens with zero attached hydrogens (tertiary/aromatic N) is 1. The van der Waals surface area contributed by atoms with Crippen LogP contribution in [0.1, 0.15) is 20.8 Å². The van der Waals surface area contributed by atoms with Gasteiger partial charge in [-0.25, -0.2) is 4.79 Å². The Kier molecular flexibility index (Phi) is 3.71. The molecular formula is C13H22N2O4. The van der Waals surface area contributed by atoms with E-state index in [4.69, 9.17) is 9.47 Å². The van der Waals surface area contributed by atoms with Crippen molar-refractivity contribution in [2.75, 3.05) is 26.9 Å². The molecule has 2 rings (SSSR count). The first-order valence-electron chi connectivity index (χ1n) is 6.58. The summed E-state index contributed by atoms with van der Waals surface area (Å²) in [6.45, 7) is 7.02. The van der Waals surface area contributed by atoms with Gasteiger partial charge >= 0.3 is 6.09 Å². The third kappa shape index (κ3) is 3.18. The van der Waals surface area contributed by atoms with Gasteiger partial charge in [-0.2, -0.15) is 0 Å². The molecule has 19 heavy (non-hydrogen) atoms. The van der Waals surface area contributed by atoms with Crippen molar-refractivity contribution in [2.24, 2.45) is 17.8 Å². The molecule has 0 aromatic rings. The van der Waals surface area contributed by atoms with Crippen molar-refractivity contribution in [3.05, 3.63) is 0 Å². The van der Waals surface area contributed by atoms with Crippen LogP contribution in [0.15, 0.2) is 0 Å². The zero-order valence-electron chi connectivity index (χ0n) is 11.9. The molecule has 2 fully saturated rings. The Morgan fingerprint density at radius 2 is 1.84 bits per heavy atom. The highest BCUT2D eigenvalue weighted by atomic mass is 16.6. The monoisotopic (exact) mass is 270 g/mol. The van der Waals surface area contributed by atoms with Gasteiger partial charge in [0.15, 0.2) is 0 Å². The molecule has 1 saturated heterocycles. The fraction of sp³-hybridized carbons (Fsp3) is 0.846. The van der Waals surface area contributed by atoms with Gasteiger partial charge < -0.3 is 19.7 Å². The van der Waals surface area contributed by atoms with Crippen molar-refractivity contribution >= 4 is 12.0 Å². The van der Waals surface area contributed by atoms with E-state index in [1.807, 2.05) is 20.8 Å². The van der Waals surface area contributed by atoms with Gasteiger partial charge in [-0.15, -0.1) is 0 Å². The molecule has 0 radical (unpaired) electrons. The Morgan fingerprint density at radius 3 is 2.32 bits per heavy atom. The van der Waals surface area contributed by atoms with E-state index in [0.29, 0.717) is 13.1 Å². The van der Waals surface area contributed by atoms with Crippen molar-refractivity contribution < 1.29 is 19.1 Å². The predicted octanol–water partition coefficient (Wildman–Crippen LogP) is 0.819. The van der Waals surface area contributed by atoms with E-state index in [1.54, 1.807) is 4.90 Å². The molecule has 0 aromatic heterocycles. The number of fused-ring (bicyclic) bond motifs is 1. The largest absolute Gasteiger partial charge is 0.444 e. The van der Waals surface area contributed by atoms with E-state index >= 15 is 0 Å². The zero-order valence-corrected chi connectivity index (χ0v) is 11.9. The molecule has 6 heteroatoms. The molecule has 1 heterocycles. The van der Waals surface area contributed by atoms with Crippen LogP contribution in [0.4, 0.5) is 4.79 Å². The topological polar surface area (TPSA) is 67.9 Å². The minimum Gasteiger partial charge on any atom is -0.444 e. The predicted molar refractivity (Wildman–Crippen MR) is 68.3 cm³/mol. The van der Waals surface area contributed by atoms with E-state index in [0.717, 1.165) is 0 Å². The van der Waals surface area contributed by atoms with Crippen LogP contribution in [0.25, 0.3) is 0 Å². The van der Waals surface area contributed by atoms with Crippen molar-refractivity contribution in [3.63, 3.8) is 0 Å². The number of likely N-dealkylation sites (tertiary alicyclic amines) is 1. The Balaban J connectivity index is 1.77. The Labute approximate surface area is 113 Å². The molecule has 2 unspecified atom stereocenters. The molecule has 1 N–H and O–H groups in total. The first-order chi connectivity index (χ1) is 8.83. The lowest BCUT2D eigenvalue weighted by Crippen LogP contribution is -2.38. The molecular weight excluding hydrogens is 248 g/mol. The van der Waals surface area contributed by atoms with E-state index < -0.39 is 5.60 Å². The van der Waals surface area contributed by atoms with Gasteiger partial charge in [-0.1, -0.05) is 0 Å². The quantitative estimate of drug-likeness (QED) is 0.771. The standard InChI is InChI=1S/C13H22N2O4/c1-13(2,3)19-12(17)15-5-8-9(6-15)10(8)11(16)14-7-18-4/h8-10H,5-7H2,1-4H3,(H,14,16). The number of piperidine rings is 1. The summed E-state index contributed by atoms with van der Waals surface area (Å²) in [5.41, 5.74) is -0.473. The molecule has 0 bridgehead atoms. The van der Waals surface area contributed by atoms with E-state index in [2.05, 4.69) is 5.32 Å². The number of amides is 2. The number of carbonyl (C=O) groups is 2. The molecule has 108 valence electrons. The molecule has 0 spiro atoms. The maximum atomic E-state index is 11.9. The number of ether oxygens (including phenoxy) is 2. The van der Waals surface area contributed by atoms with Crippen molar-refractivity contribution in [1.29, 1.82) is 0 Å². The summed E-state index contributed by atoms with van der Waals surface area (Å²) in [4.78, 5) is 25.3. The summed E-state index contributed by atoms with van der Waals surface area (Å²) in [6.07, 6.45) is -0.282. The zero-order chi connectivity index (χ0) is 14.2. The van der Waals surface area contributed by atoms with Gasteiger partial charge in [-0.05, 0) is 32.6 Å². The molecule has 1 aliphatic heterocycles. The summed E-state index contributed by atoms with van der Waals surface area (Å²) >= 11 is 0. The first-order valence-corrected chi connectivity index (χ1v) is 6.58. The third-order valence-electron chi connectivity index (χ3n) is 3.54. The molecule has 2 aliphatic rings. The molecule has 2 atom stereocenters. The van der Waals surface area contributed by atoms with Crippen LogP contribution in [0.2, 0.25) is 0 Å².